The Morgan fingerprint density at radius 3 is 2.38 bits per heavy atom. The van der Waals surface area contributed by atoms with Gasteiger partial charge in [-0.2, -0.15) is 5.26 Å². The first-order chi connectivity index (χ1) is 7.49. The summed E-state index contributed by atoms with van der Waals surface area (Å²) < 4.78 is 4.85. The van der Waals surface area contributed by atoms with Crippen LogP contribution in [0.15, 0.2) is 0 Å². The zero-order valence-electron chi connectivity index (χ0n) is 10.8. The maximum absolute atomic E-state index is 11.2. The van der Waals surface area contributed by atoms with Crippen molar-refractivity contribution < 1.29 is 9.53 Å². The molecule has 0 amide bonds. The molecule has 0 spiro atoms. The molecule has 0 heterocycles. The molecule has 92 valence electrons. The minimum absolute atomic E-state index is 0.201. The lowest BCUT2D eigenvalue weighted by molar-refractivity contribution is -0.143. The van der Waals surface area contributed by atoms with Gasteiger partial charge in [0.1, 0.15) is 0 Å². The summed E-state index contributed by atoms with van der Waals surface area (Å²) >= 11 is 0. The van der Waals surface area contributed by atoms with Gasteiger partial charge in [-0.05, 0) is 31.6 Å². The molecule has 0 radical (unpaired) electrons. The SMILES string of the molecule is CCOC(=O)C[C@@H](C#N)C[C@H](C)CC(C)C. The van der Waals surface area contributed by atoms with Gasteiger partial charge in [-0.15, -0.1) is 0 Å². The molecule has 0 aromatic carbocycles. The van der Waals surface area contributed by atoms with Crippen LogP contribution in [0.5, 0.6) is 0 Å². The fourth-order valence-electron chi connectivity index (χ4n) is 1.99. The third-order valence-corrected chi connectivity index (χ3v) is 2.46. The van der Waals surface area contributed by atoms with E-state index in [9.17, 15) is 4.79 Å². The summed E-state index contributed by atoms with van der Waals surface area (Å²) in [6.45, 7) is 8.64. The van der Waals surface area contributed by atoms with Crippen molar-refractivity contribution in [3.63, 3.8) is 0 Å². The van der Waals surface area contributed by atoms with E-state index in [0.717, 1.165) is 12.8 Å². The molecule has 0 aliphatic heterocycles. The van der Waals surface area contributed by atoms with Crippen molar-refractivity contribution in [2.75, 3.05) is 6.61 Å². The first-order valence-electron chi connectivity index (χ1n) is 6.04. The van der Waals surface area contributed by atoms with Crippen LogP contribution < -0.4 is 0 Å². The number of nitriles is 1. The third kappa shape index (κ3) is 7.28. The number of hydrogen-bond acceptors (Lipinski definition) is 3. The lowest BCUT2D eigenvalue weighted by Gasteiger charge is -2.16. The van der Waals surface area contributed by atoms with E-state index in [1.54, 1.807) is 6.92 Å². The Kier molecular flexibility index (Phi) is 7.62. The Labute approximate surface area is 98.8 Å². The molecule has 3 nitrogen and oxygen atoms in total. The topological polar surface area (TPSA) is 50.1 Å². The van der Waals surface area contributed by atoms with E-state index < -0.39 is 0 Å². The second kappa shape index (κ2) is 8.15. The second-order valence-corrected chi connectivity index (χ2v) is 4.81. The Hall–Kier alpha value is -1.04. The van der Waals surface area contributed by atoms with Crippen LogP contribution in [0.2, 0.25) is 0 Å². The molecule has 0 rings (SSSR count). The average molecular weight is 225 g/mol. The van der Waals surface area contributed by atoms with Gasteiger partial charge in [0.2, 0.25) is 0 Å². The number of ether oxygens (including phenoxy) is 1. The molecule has 16 heavy (non-hydrogen) atoms. The Bertz CT molecular complexity index is 243. The zero-order chi connectivity index (χ0) is 12.6. The Morgan fingerprint density at radius 1 is 1.31 bits per heavy atom. The van der Waals surface area contributed by atoms with E-state index in [4.69, 9.17) is 10.00 Å². The molecule has 0 aromatic heterocycles. The van der Waals surface area contributed by atoms with Crippen LogP contribution in [-0.4, -0.2) is 12.6 Å². The smallest absolute Gasteiger partial charge is 0.307 e. The molecule has 0 saturated carbocycles. The van der Waals surface area contributed by atoms with Gasteiger partial charge in [0.15, 0.2) is 0 Å². The van der Waals surface area contributed by atoms with Gasteiger partial charge in [0.25, 0.3) is 0 Å². The number of hydrogen-bond donors (Lipinski definition) is 0. The van der Waals surface area contributed by atoms with E-state index >= 15 is 0 Å². The van der Waals surface area contributed by atoms with E-state index in [1.807, 2.05) is 0 Å². The lowest BCUT2D eigenvalue weighted by Crippen LogP contribution is -2.13. The summed E-state index contributed by atoms with van der Waals surface area (Å²) in [5.74, 6) is 0.662. The van der Waals surface area contributed by atoms with E-state index in [1.165, 1.54) is 0 Å². The fourth-order valence-corrected chi connectivity index (χ4v) is 1.99. The van der Waals surface area contributed by atoms with Crippen molar-refractivity contribution in [3.05, 3.63) is 0 Å². The molecule has 0 bridgehead atoms. The maximum atomic E-state index is 11.2. The molecule has 0 unspecified atom stereocenters. The van der Waals surface area contributed by atoms with Crippen molar-refractivity contribution in [2.45, 2.75) is 47.0 Å². The molecule has 0 aromatic rings. The van der Waals surface area contributed by atoms with Crippen LogP contribution in [-0.2, 0) is 9.53 Å². The summed E-state index contributed by atoms with van der Waals surface area (Å²) in [4.78, 5) is 11.2. The van der Waals surface area contributed by atoms with E-state index in [0.29, 0.717) is 18.4 Å². The normalized spacial score (nSPS) is 14.2. The van der Waals surface area contributed by atoms with Gasteiger partial charge in [-0.25, -0.2) is 0 Å². The largest absolute Gasteiger partial charge is 0.466 e. The van der Waals surface area contributed by atoms with Gasteiger partial charge in [0.05, 0.1) is 25.0 Å². The van der Waals surface area contributed by atoms with Gasteiger partial charge in [0, 0.05) is 0 Å². The first kappa shape index (κ1) is 15.0. The fraction of sp³-hybridized carbons (Fsp3) is 0.846. The maximum Gasteiger partial charge on any atom is 0.307 e. The average Bonchev–Trinajstić information content (AvgIpc) is 2.15. The van der Waals surface area contributed by atoms with Crippen LogP contribution in [0, 0.1) is 29.1 Å². The van der Waals surface area contributed by atoms with Crippen LogP contribution in [0.3, 0.4) is 0 Å². The minimum Gasteiger partial charge on any atom is -0.466 e. The molecule has 0 saturated heterocycles. The lowest BCUT2D eigenvalue weighted by atomic mass is 9.88. The Morgan fingerprint density at radius 2 is 1.94 bits per heavy atom. The summed E-state index contributed by atoms with van der Waals surface area (Å²) in [5.41, 5.74) is 0. The van der Waals surface area contributed by atoms with Crippen molar-refractivity contribution >= 4 is 5.97 Å². The highest BCUT2D eigenvalue weighted by Crippen LogP contribution is 2.21. The standard InChI is InChI=1S/C13H23NO2/c1-5-16-13(15)8-12(9-14)7-11(4)6-10(2)3/h10-12H,5-8H2,1-4H3/t11-,12+/m1/s1. The summed E-state index contributed by atoms with van der Waals surface area (Å²) in [6.07, 6.45) is 2.11. The summed E-state index contributed by atoms with van der Waals surface area (Å²) in [6, 6.07) is 2.19. The number of carbonyl (C=O) groups is 1. The zero-order valence-corrected chi connectivity index (χ0v) is 10.8. The molecule has 0 N–H and O–H groups in total. The molecule has 0 fully saturated rings. The number of nitrogens with zero attached hydrogens (tertiary/aromatic N) is 1. The molecule has 3 heteroatoms. The van der Waals surface area contributed by atoms with E-state index in [-0.39, 0.29) is 18.3 Å². The van der Waals surface area contributed by atoms with Crippen molar-refractivity contribution in [2.24, 2.45) is 17.8 Å². The Balaban J connectivity index is 4.01. The summed E-state index contributed by atoms with van der Waals surface area (Å²) in [7, 11) is 0. The monoisotopic (exact) mass is 225 g/mol. The highest BCUT2D eigenvalue weighted by Gasteiger charge is 2.17. The van der Waals surface area contributed by atoms with Crippen LogP contribution in [0.25, 0.3) is 0 Å². The van der Waals surface area contributed by atoms with Crippen molar-refractivity contribution in [1.29, 1.82) is 5.26 Å². The first-order valence-corrected chi connectivity index (χ1v) is 6.04. The van der Waals surface area contributed by atoms with Gasteiger partial charge in [-0.3, -0.25) is 4.79 Å². The molecule has 0 aliphatic carbocycles. The van der Waals surface area contributed by atoms with Gasteiger partial charge < -0.3 is 4.74 Å². The molecule has 2 atom stereocenters. The van der Waals surface area contributed by atoms with E-state index in [2.05, 4.69) is 26.8 Å². The van der Waals surface area contributed by atoms with Crippen LogP contribution in [0.1, 0.15) is 47.0 Å². The molecule has 0 aliphatic rings. The predicted molar refractivity (Wildman–Crippen MR) is 63.6 cm³/mol. The quantitative estimate of drug-likeness (QED) is 0.625. The predicted octanol–water partition coefficient (Wildman–Crippen LogP) is 3.15. The highest BCUT2D eigenvalue weighted by atomic mass is 16.5. The van der Waals surface area contributed by atoms with Crippen molar-refractivity contribution in [3.8, 4) is 6.07 Å². The second-order valence-electron chi connectivity index (χ2n) is 4.81. The summed E-state index contributed by atoms with van der Waals surface area (Å²) in [5, 5.41) is 8.97. The van der Waals surface area contributed by atoms with Gasteiger partial charge >= 0.3 is 5.97 Å². The minimum atomic E-state index is -0.259. The molecular weight excluding hydrogens is 202 g/mol. The van der Waals surface area contributed by atoms with Gasteiger partial charge in [-0.1, -0.05) is 20.8 Å². The highest BCUT2D eigenvalue weighted by molar-refractivity contribution is 5.70. The number of esters is 1. The van der Waals surface area contributed by atoms with Crippen LogP contribution >= 0.6 is 0 Å². The molecular formula is C13H23NO2. The third-order valence-electron chi connectivity index (χ3n) is 2.46. The number of rotatable bonds is 7. The van der Waals surface area contributed by atoms with Crippen molar-refractivity contribution in [1.82, 2.24) is 0 Å². The van der Waals surface area contributed by atoms with Crippen LogP contribution in [0.4, 0.5) is 0 Å². The number of carbonyl (C=O) groups excluding carboxylic acids is 1.